The zero-order valence-corrected chi connectivity index (χ0v) is 10.3. The van der Waals surface area contributed by atoms with Gasteiger partial charge in [-0.15, -0.1) is 0 Å². The first-order valence-electron chi connectivity index (χ1n) is 6.02. The third-order valence-electron chi connectivity index (χ3n) is 3.78. The lowest BCUT2D eigenvalue weighted by Crippen LogP contribution is -2.50. The Bertz CT molecular complexity index is 334. The number of amides is 3. The molecular weight excluding hydrogens is 222 g/mol. The highest BCUT2D eigenvalue weighted by molar-refractivity contribution is 5.77. The molecule has 0 spiro atoms. The molecule has 96 valence electrons. The van der Waals surface area contributed by atoms with E-state index in [1.54, 1.807) is 11.9 Å². The van der Waals surface area contributed by atoms with Crippen LogP contribution in [0.15, 0.2) is 0 Å². The Balaban J connectivity index is 2.03. The van der Waals surface area contributed by atoms with E-state index in [1.165, 1.54) is 4.90 Å². The lowest BCUT2D eigenvalue weighted by molar-refractivity contribution is 0.102. The van der Waals surface area contributed by atoms with Gasteiger partial charge in [0.2, 0.25) is 0 Å². The Morgan fingerprint density at radius 1 is 1.41 bits per heavy atom. The van der Waals surface area contributed by atoms with Crippen molar-refractivity contribution >= 4 is 12.1 Å². The number of hydrogen-bond acceptors (Lipinski definition) is 2. The average Bonchev–Trinajstić information content (AvgIpc) is 2.57. The van der Waals surface area contributed by atoms with E-state index in [0.29, 0.717) is 19.6 Å². The van der Waals surface area contributed by atoms with Crippen LogP contribution in [0.3, 0.4) is 0 Å². The summed E-state index contributed by atoms with van der Waals surface area (Å²) >= 11 is 0. The first-order valence-corrected chi connectivity index (χ1v) is 6.02. The maximum Gasteiger partial charge on any atom is 0.407 e. The Morgan fingerprint density at radius 2 is 2.12 bits per heavy atom. The van der Waals surface area contributed by atoms with Gasteiger partial charge in [-0.05, 0) is 19.8 Å². The minimum Gasteiger partial charge on any atom is -0.465 e. The van der Waals surface area contributed by atoms with Crippen LogP contribution in [0.5, 0.6) is 0 Å². The Kier molecular flexibility index (Phi) is 3.13. The van der Waals surface area contributed by atoms with Crippen molar-refractivity contribution in [3.05, 3.63) is 0 Å². The molecule has 0 aromatic rings. The summed E-state index contributed by atoms with van der Waals surface area (Å²) in [6, 6.07) is 0.275. The standard InChI is InChI=1S/C11H19N3O3/c1-8-6-14(10(15)12(8)2)9-4-3-5-13(7-9)11(16)17/h8-9H,3-7H2,1-2H3,(H,16,17). The molecule has 2 rings (SSSR count). The van der Waals surface area contributed by atoms with Gasteiger partial charge in [0.25, 0.3) is 0 Å². The predicted molar refractivity (Wildman–Crippen MR) is 61.9 cm³/mol. The molecule has 3 amide bonds. The molecule has 2 heterocycles. The molecule has 2 aliphatic heterocycles. The molecule has 0 aromatic heterocycles. The van der Waals surface area contributed by atoms with Crippen LogP contribution in [0, 0.1) is 0 Å². The van der Waals surface area contributed by atoms with Crippen molar-refractivity contribution in [1.82, 2.24) is 14.7 Å². The maximum absolute atomic E-state index is 12.0. The van der Waals surface area contributed by atoms with E-state index in [-0.39, 0.29) is 18.1 Å². The number of nitrogens with zero attached hydrogens (tertiary/aromatic N) is 3. The number of rotatable bonds is 1. The van der Waals surface area contributed by atoms with Gasteiger partial charge >= 0.3 is 12.1 Å². The summed E-state index contributed by atoms with van der Waals surface area (Å²) in [5.41, 5.74) is 0. The summed E-state index contributed by atoms with van der Waals surface area (Å²) in [5.74, 6) is 0. The van der Waals surface area contributed by atoms with E-state index in [2.05, 4.69) is 0 Å². The normalized spacial score (nSPS) is 30.0. The van der Waals surface area contributed by atoms with Gasteiger partial charge in [-0.2, -0.15) is 0 Å². The minimum absolute atomic E-state index is 0.0229. The van der Waals surface area contributed by atoms with Crippen molar-refractivity contribution in [2.75, 3.05) is 26.7 Å². The number of carbonyl (C=O) groups excluding carboxylic acids is 1. The van der Waals surface area contributed by atoms with Crippen molar-refractivity contribution in [3.8, 4) is 0 Å². The highest BCUT2D eigenvalue weighted by atomic mass is 16.4. The van der Waals surface area contributed by atoms with Crippen molar-refractivity contribution in [2.24, 2.45) is 0 Å². The molecule has 17 heavy (non-hydrogen) atoms. The largest absolute Gasteiger partial charge is 0.465 e. The van der Waals surface area contributed by atoms with Crippen LogP contribution in [0.2, 0.25) is 0 Å². The maximum atomic E-state index is 12.0. The van der Waals surface area contributed by atoms with Crippen LogP contribution in [-0.4, -0.2) is 70.7 Å². The molecule has 2 atom stereocenters. The highest BCUT2D eigenvalue weighted by Gasteiger charge is 2.38. The number of piperidine rings is 1. The quantitative estimate of drug-likeness (QED) is 0.741. The summed E-state index contributed by atoms with van der Waals surface area (Å²) in [6.07, 6.45) is 0.845. The SMILES string of the molecule is CC1CN(C2CCCN(C(=O)O)C2)C(=O)N1C. The number of hydrogen-bond donors (Lipinski definition) is 1. The second kappa shape index (κ2) is 4.43. The fourth-order valence-corrected chi connectivity index (χ4v) is 2.56. The monoisotopic (exact) mass is 241 g/mol. The summed E-state index contributed by atoms with van der Waals surface area (Å²) in [6.45, 7) is 3.74. The van der Waals surface area contributed by atoms with Gasteiger partial charge < -0.3 is 19.8 Å². The molecule has 0 aromatic carbocycles. The summed E-state index contributed by atoms with van der Waals surface area (Å²) in [4.78, 5) is 27.9. The number of carboxylic acid groups (broad SMARTS) is 1. The topological polar surface area (TPSA) is 64.1 Å². The van der Waals surface area contributed by atoms with Crippen LogP contribution < -0.4 is 0 Å². The second-order valence-electron chi connectivity index (χ2n) is 4.92. The summed E-state index contributed by atoms with van der Waals surface area (Å²) in [5, 5.41) is 8.98. The van der Waals surface area contributed by atoms with E-state index in [9.17, 15) is 9.59 Å². The van der Waals surface area contributed by atoms with Crippen molar-refractivity contribution < 1.29 is 14.7 Å². The molecule has 2 saturated heterocycles. The van der Waals surface area contributed by atoms with Crippen molar-refractivity contribution in [1.29, 1.82) is 0 Å². The zero-order valence-electron chi connectivity index (χ0n) is 10.3. The number of urea groups is 1. The first-order chi connectivity index (χ1) is 8.00. The Labute approximate surface area is 101 Å². The number of likely N-dealkylation sites (tertiary alicyclic amines) is 1. The van der Waals surface area contributed by atoms with Gasteiger partial charge in [0.1, 0.15) is 0 Å². The average molecular weight is 241 g/mol. The molecule has 2 aliphatic rings. The fourth-order valence-electron chi connectivity index (χ4n) is 2.56. The van der Waals surface area contributed by atoms with E-state index in [1.807, 2.05) is 11.8 Å². The van der Waals surface area contributed by atoms with E-state index >= 15 is 0 Å². The highest BCUT2D eigenvalue weighted by Crippen LogP contribution is 2.22. The molecule has 6 nitrogen and oxygen atoms in total. The van der Waals surface area contributed by atoms with Crippen LogP contribution >= 0.6 is 0 Å². The number of carbonyl (C=O) groups is 2. The van der Waals surface area contributed by atoms with E-state index < -0.39 is 6.09 Å². The zero-order chi connectivity index (χ0) is 12.6. The van der Waals surface area contributed by atoms with Gasteiger partial charge in [-0.1, -0.05) is 0 Å². The molecule has 0 aliphatic carbocycles. The lowest BCUT2D eigenvalue weighted by Gasteiger charge is -2.35. The molecular formula is C11H19N3O3. The molecule has 0 radical (unpaired) electrons. The van der Waals surface area contributed by atoms with Crippen LogP contribution in [0.4, 0.5) is 9.59 Å². The van der Waals surface area contributed by atoms with Crippen LogP contribution in [0.1, 0.15) is 19.8 Å². The Morgan fingerprint density at radius 3 is 2.65 bits per heavy atom. The van der Waals surface area contributed by atoms with Crippen LogP contribution in [0.25, 0.3) is 0 Å². The summed E-state index contributed by atoms with van der Waals surface area (Å²) < 4.78 is 0. The van der Waals surface area contributed by atoms with Gasteiger partial charge in [-0.3, -0.25) is 0 Å². The fraction of sp³-hybridized carbons (Fsp3) is 0.818. The third kappa shape index (κ3) is 2.16. The summed E-state index contributed by atoms with van der Waals surface area (Å²) in [7, 11) is 1.80. The third-order valence-corrected chi connectivity index (χ3v) is 3.78. The predicted octanol–water partition coefficient (Wildman–Crippen LogP) is 0.885. The minimum atomic E-state index is -0.886. The van der Waals surface area contributed by atoms with Gasteiger partial charge in [0.05, 0.1) is 6.04 Å². The number of likely N-dealkylation sites (N-methyl/N-ethyl adjacent to an activating group) is 1. The van der Waals surface area contributed by atoms with Crippen molar-refractivity contribution in [2.45, 2.75) is 31.8 Å². The molecule has 2 unspecified atom stereocenters. The molecule has 2 fully saturated rings. The van der Waals surface area contributed by atoms with Crippen LogP contribution in [-0.2, 0) is 0 Å². The van der Waals surface area contributed by atoms with E-state index in [4.69, 9.17) is 5.11 Å². The smallest absolute Gasteiger partial charge is 0.407 e. The molecule has 0 saturated carbocycles. The van der Waals surface area contributed by atoms with E-state index in [0.717, 1.165) is 12.8 Å². The molecule has 6 heteroatoms. The van der Waals surface area contributed by atoms with Crippen molar-refractivity contribution in [3.63, 3.8) is 0 Å². The van der Waals surface area contributed by atoms with Gasteiger partial charge in [0, 0.05) is 32.7 Å². The lowest BCUT2D eigenvalue weighted by atomic mass is 10.0. The van der Waals surface area contributed by atoms with Gasteiger partial charge in [0.15, 0.2) is 0 Å². The molecule has 0 bridgehead atoms. The van der Waals surface area contributed by atoms with Gasteiger partial charge in [-0.25, -0.2) is 9.59 Å². The Hall–Kier alpha value is -1.46. The molecule has 1 N–H and O–H groups in total. The second-order valence-corrected chi connectivity index (χ2v) is 4.92. The first kappa shape index (κ1) is 12.0.